The van der Waals surface area contributed by atoms with Gasteiger partial charge in [0, 0.05) is 31.2 Å². The number of nitrogens with one attached hydrogen (secondary N) is 2. The molecule has 5 amide bonds. The highest BCUT2D eigenvalue weighted by Gasteiger charge is 2.44. The number of carbonyl (C=O) groups excluding carboxylic acids is 5. The molecule has 1 aromatic heterocycles. The monoisotopic (exact) mass is 814 g/mol. The van der Waals surface area contributed by atoms with Crippen LogP contribution in [0.15, 0.2) is 60.7 Å². The van der Waals surface area contributed by atoms with Gasteiger partial charge in [0.05, 0.1) is 34.3 Å². The third-order valence-corrected chi connectivity index (χ3v) is 11.7. The second-order valence-corrected chi connectivity index (χ2v) is 15.8. The van der Waals surface area contributed by atoms with Crippen molar-refractivity contribution in [3.63, 3.8) is 0 Å². The lowest BCUT2D eigenvalue weighted by atomic mass is 9.86. The first kappa shape index (κ1) is 40.2. The maximum Gasteiger partial charge on any atom is 0.416 e. The molecule has 16 heteroatoms. The Bertz CT molecular complexity index is 2280. The molecule has 1 unspecified atom stereocenters. The predicted molar refractivity (Wildman–Crippen MR) is 209 cm³/mol. The number of likely N-dealkylation sites (tertiary alicyclic amines) is 1. The summed E-state index contributed by atoms with van der Waals surface area (Å²) in [5, 5.41) is 5.02. The Labute approximate surface area is 338 Å². The quantitative estimate of drug-likeness (QED) is 0.120. The van der Waals surface area contributed by atoms with Gasteiger partial charge in [-0.05, 0) is 118 Å². The van der Waals surface area contributed by atoms with E-state index in [1.807, 2.05) is 16.7 Å². The van der Waals surface area contributed by atoms with Crippen molar-refractivity contribution in [2.24, 2.45) is 5.92 Å². The van der Waals surface area contributed by atoms with Crippen LogP contribution in [0.1, 0.15) is 106 Å². The second kappa shape index (κ2) is 16.9. The van der Waals surface area contributed by atoms with E-state index in [1.54, 1.807) is 6.07 Å². The lowest BCUT2D eigenvalue weighted by Gasteiger charge is -2.30. The maximum absolute atomic E-state index is 13.5. The molecule has 0 radical (unpaired) electrons. The number of hydrogen-bond donors (Lipinski definition) is 2. The number of halogens is 3. The number of alkyl halides is 3. The number of nitrogens with zero attached hydrogens (tertiary/aromatic N) is 4. The maximum atomic E-state index is 13.5. The Kier molecular flexibility index (Phi) is 11.5. The Morgan fingerprint density at radius 2 is 1.64 bits per heavy atom. The molecule has 0 spiro atoms. The number of hydrogen-bond acceptors (Lipinski definition) is 9. The normalized spacial score (nSPS) is 21.5. The van der Waals surface area contributed by atoms with Crippen LogP contribution < -0.4 is 15.4 Å². The Morgan fingerprint density at radius 3 is 2.41 bits per heavy atom. The van der Waals surface area contributed by atoms with E-state index in [9.17, 15) is 37.1 Å². The molecular formula is C43H45F3N6O7. The third-order valence-electron chi connectivity index (χ3n) is 11.7. The topological polar surface area (TPSA) is 152 Å². The average molecular weight is 815 g/mol. The van der Waals surface area contributed by atoms with Gasteiger partial charge in [-0.3, -0.25) is 44.4 Å². The zero-order valence-corrected chi connectivity index (χ0v) is 32.4. The number of imide groups is 2. The van der Waals surface area contributed by atoms with Crippen LogP contribution in [-0.4, -0.2) is 87.8 Å². The van der Waals surface area contributed by atoms with Gasteiger partial charge in [-0.2, -0.15) is 13.2 Å². The van der Waals surface area contributed by atoms with Crippen molar-refractivity contribution < 1.29 is 46.6 Å². The van der Waals surface area contributed by atoms with Gasteiger partial charge in [-0.15, -0.1) is 0 Å². The van der Waals surface area contributed by atoms with Crippen molar-refractivity contribution in [3.8, 4) is 5.75 Å². The summed E-state index contributed by atoms with van der Waals surface area (Å²) in [5.41, 5.74) is 1.99. The fourth-order valence-corrected chi connectivity index (χ4v) is 8.66. The van der Waals surface area contributed by atoms with Crippen LogP contribution in [0.5, 0.6) is 5.75 Å². The summed E-state index contributed by atoms with van der Waals surface area (Å²) < 4.78 is 54.2. The van der Waals surface area contributed by atoms with E-state index in [1.165, 1.54) is 43.5 Å². The molecule has 1 atom stereocenters. The van der Waals surface area contributed by atoms with Crippen molar-refractivity contribution in [1.82, 2.24) is 24.7 Å². The minimum atomic E-state index is -4.58. The highest BCUT2D eigenvalue weighted by Crippen LogP contribution is 2.38. The highest BCUT2D eigenvalue weighted by molar-refractivity contribution is 6.23. The summed E-state index contributed by atoms with van der Waals surface area (Å²) in [4.78, 5) is 71.6. The molecule has 2 saturated heterocycles. The zero-order chi connectivity index (χ0) is 41.3. The van der Waals surface area contributed by atoms with E-state index in [4.69, 9.17) is 14.5 Å². The van der Waals surface area contributed by atoms with Crippen LogP contribution in [-0.2, 0) is 27.0 Å². The van der Waals surface area contributed by atoms with E-state index in [0.717, 1.165) is 78.9 Å². The molecule has 3 fully saturated rings. The number of rotatable bonds is 12. The van der Waals surface area contributed by atoms with Gasteiger partial charge in [-0.1, -0.05) is 18.6 Å². The summed E-state index contributed by atoms with van der Waals surface area (Å²) in [7, 11) is 0. The smallest absolute Gasteiger partial charge is 0.416 e. The number of ether oxygens (including phenoxy) is 2. The van der Waals surface area contributed by atoms with Crippen LogP contribution in [0, 0.1) is 5.92 Å². The fourth-order valence-electron chi connectivity index (χ4n) is 8.66. The summed E-state index contributed by atoms with van der Waals surface area (Å²) in [6.45, 7) is 3.85. The molecule has 4 aromatic rings. The largest absolute Gasteiger partial charge is 0.491 e. The Morgan fingerprint density at radius 1 is 0.864 bits per heavy atom. The van der Waals surface area contributed by atoms with E-state index in [0.29, 0.717) is 18.3 Å². The van der Waals surface area contributed by atoms with Gasteiger partial charge < -0.3 is 14.0 Å². The number of fused-ring (bicyclic) bond motifs is 2. The third kappa shape index (κ3) is 8.74. The number of carbonyl (C=O) groups is 5. The van der Waals surface area contributed by atoms with Gasteiger partial charge in [0.15, 0.2) is 0 Å². The number of anilines is 1. The van der Waals surface area contributed by atoms with Gasteiger partial charge in [0.1, 0.15) is 18.4 Å². The number of piperidine rings is 2. The minimum absolute atomic E-state index is 0.00958. The van der Waals surface area contributed by atoms with Crippen molar-refractivity contribution in [2.45, 2.75) is 82.6 Å². The van der Waals surface area contributed by atoms with Crippen LogP contribution in [0.3, 0.4) is 0 Å². The number of amides is 5. The van der Waals surface area contributed by atoms with Crippen LogP contribution >= 0.6 is 0 Å². The Balaban J connectivity index is 0.874. The molecule has 310 valence electrons. The number of aromatic nitrogens is 2. The predicted octanol–water partition coefficient (Wildman–Crippen LogP) is 6.52. The summed E-state index contributed by atoms with van der Waals surface area (Å²) in [6.07, 6.45) is 2.33. The standard InChI is InChI=1S/C43H45F3N6O7/c44-43(45,46)29-6-4-5-28(22-29)38(54)49-42-47-34-21-27(24-50-17-2-1-3-18-50)9-14-35(34)51(42)30-10-7-26(8-11-30)25-58-19-20-59-31-12-13-32-33(23-31)41(57)52(40(32)56)36-15-16-37(53)48-39(36)55/h4-6,9,12-14,21-23,26,30,36H,1-3,7-8,10-11,15-20,24-25H2,(H,47,49,54)(H,48,53,55). The molecule has 0 bridgehead atoms. The SMILES string of the molecule is O=C1CCC(N2C(=O)c3ccc(OCCOCC4CCC(n5c(NC(=O)c6cccc(C(F)(F)F)c6)nc6cc(CN7CCCCC7)ccc65)CC4)cc3C2=O)C(=O)N1. The minimum Gasteiger partial charge on any atom is -0.491 e. The molecule has 4 heterocycles. The van der Waals surface area contributed by atoms with E-state index in [-0.39, 0.29) is 54.7 Å². The molecule has 1 saturated carbocycles. The lowest BCUT2D eigenvalue weighted by Crippen LogP contribution is -2.54. The molecule has 4 aliphatic rings. The van der Waals surface area contributed by atoms with Gasteiger partial charge in [0.2, 0.25) is 17.8 Å². The molecule has 1 aliphatic carbocycles. The molecule has 3 aliphatic heterocycles. The van der Waals surface area contributed by atoms with Gasteiger partial charge >= 0.3 is 6.18 Å². The van der Waals surface area contributed by atoms with Crippen molar-refractivity contribution >= 4 is 46.5 Å². The molecule has 3 aromatic carbocycles. The van der Waals surface area contributed by atoms with Crippen molar-refractivity contribution in [2.75, 3.05) is 38.2 Å². The van der Waals surface area contributed by atoms with Crippen LogP contribution in [0.2, 0.25) is 0 Å². The van der Waals surface area contributed by atoms with E-state index >= 15 is 0 Å². The van der Waals surface area contributed by atoms with Crippen molar-refractivity contribution in [1.29, 1.82) is 0 Å². The molecular weight excluding hydrogens is 770 g/mol. The van der Waals surface area contributed by atoms with Crippen LogP contribution in [0.25, 0.3) is 11.0 Å². The molecule has 13 nitrogen and oxygen atoms in total. The van der Waals surface area contributed by atoms with Gasteiger partial charge in [-0.25, -0.2) is 4.98 Å². The van der Waals surface area contributed by atoms with Crippen LogP contribution in [0.4, 0.5) is 19.1 Å². The summed E-state index contributed by atoms with van der Waals surface area (Å²) in [5.74, 6) is -2.02. The highest BCUT2D eigenvalue weighted by atomic mass is 19.4. The Hall–Kier alpha value is -5.61. The van der Waals surface area contributed by atoms with E-state index in [2.05, 4.69) is 21.6 Å². The van der Waals surface area contributed by atoms with Gasteiger partial charge in [0.25, 0.3) is 17.7 Å². The van der Waals surface area contributed by atoms with E-state index < -0.39 is 47.3 Å². The first-order valence-corrected chi connectivity index (χ1v) is 20.2. The first-order chi connectivity index (χ1) is 28.4. The zero-order valence-electron chi connectivity index (χ0n) is 32.4. The average Bonchev–Trinajstić information content (AvgIpc) is 3.70. The summed E-state index contributed by atoms with van der Waals surface area (Å²) in [6, 6.07) is 14.0. The number of imidazole rings is 1. The number of benzene rings is 3. The van der Waals surface area contributed by atoms with Crippen molar-refractivity contribution in [3.05, 3.63) is 88.5 Å². The first-order valence-electron chi connectivity index (χ1n) is 20.2. The summed E-state index contributed by atoms with van der Waals surface area (Å²) >= 11 is 0. The molecule has 2 N–H and O–H groups in total. The fraction of sp³-hybridized carbons (Fsp3) is 0.442. The second-order valence-electron chi connectivity index (χ2n) is 15.8. The lowest BCUT2D eigenvalue weighted by molar-refractivity contribution is -0.138. The molecule has 8 rings (SSSR count). The molecule has 59 heavy (non-hydrogen) atoms.